The Labute approximate surface area is 115 Å². The highest BCUT2D eigenvalue weighted by atomic mass is 32.2. The van der Waals surface area contributed by atoms with Crippen molar-refractivity contribution in [1.29, 1.82) is 0 Å². The molecule has 2 amide bonds. The predicted octanol–water partition coefficient (Wildman–Crippen LogP) is 2.24. The highest BCUT2D eigenvalue weighted by Gasteiger charge is 2.24. The van der Waals surface area contributed by atoms with Gasteiger partial charge >= 0.3 is 6.03 Å². The normalized spacial score (nSPS) is 23.3. The number of urea groups is 1. The van der Waals surface area contributed by atoms with E-state index in [0.717, 1.165) is 19.4 Å². The molecule has 0 saturated heterocycles. The summed E-state index contributed by atoms with van der Waals surface area (Å²) in [4.78, 5) is 11.6. The summed E-state index contributed by atoms with van der Waals surface area (Å²) >= 11 is 1.90. The van der Waals surface area contributed by atoms with Crippen molar-refractivity contribution in [2.45, 2.75) is 44.4 Å². The van der Waals surface area contributed by atoms with E-state index in [4.69, 9.17) is 4.74 Å². The SMILES string of the molecule is CS[C@@H]1CC[C@H](NC(=O)NCCOCC(C)C)C1. The quantitative estimate of drug-likeness (QED) is 0.700. The van der Waals surface area contributed by atoms with Crippen LogP contribution in [-0.4, -0.2) is 43.3 Å². The van der Waals surface area contributed by atoms with Crippen molar-refractivity contribution >= 4 is 17.8 Å². The fourth-order valence-corrected chi connectivity index (χ4v) is 2.87. The Morgan fingerprint density at radius 2 is 2.22 bits per heavy atom. The molecule has 1 rings (SSSR count). The van der Waals surface area contributed by atoms with Gasteiger partial charge in [0.1, 0.15) is 0 Å². The topological polar surface area (TPSA) is 50.4 Å². The summed E-state index contributed by atoms with van der Waals surface area (Å²) in [5.74, 6) is 0.542. The van der Waals surface area contributed by atoms with Crippen molar-refractivity contribution < 1.29 is 9.53 Å². The third kappa shape index (κ3) is 6.50. The molecule has 1 aliphatic rings. The Hall–Kier alpha value is -0.420. The van der Waals surface area contributed by atoms with Gasteiger partial charge in [-0.05, 0) is 31.4 Å². The molecule has 0 spiro atoms. The molecule has 106 valence electrons. The Bertz CT molecular complexity index is 249. The number of rotatable bonds is 7. The van der Waals surface area contributed by atoms with Gasteiger partial charge in [-0.2, -0.15) is 11.8 Å². The Balaban J connectivity index is 2.00. The van der Waals surface area contributed by atoms with Crippen LogP contribution < -0.4 is 10.6 Å². The van der Waals surface area contributed by atoms with Crippen LogP contribution in [0.15, 0.2) is 0 Å². The zero-order valence-electron chi connectivity index (χ0n) is 11.7. The van der Waals surface area contributed by atoms with Gasteiger partial charge in [0.15, 0.2) is 0 Å². The van der Waals surface area contributed by atoms with Crippen molar-refractivity contribution in [1.82, 2.24) is 10.6 Å². The van der Waals surface area contributed by atoms with Crippen LogP contribution in [0.4, 0.5) is 4.79 Å². The summed E-state index contributed by atoms with van der Waals surface area (Å²) in [7, 11) is 0. The van der Waals surface area contributed by atoms with Gasteiger partial charge in [-0.3, -0.25) is 0 Å². The van der Waals surface area contributed by atoms with E-state index in [0.29, 0.717) is 30.4 Å². The molecular formula is C13H26N2O2S. The minimum Gasteiger partial charge on any atom is -0.379 e. The van der Waals surface area contributed by atoms with E-state index in [1.54, 1.807) is 0 Å². The van der Waals surface area contributed by atoms with Crippen molar-refractivity contribution in [3.05, 3.63) is 0 Å². The van der Waals surface area contributed by atoms with Crippen molar-refractivity contribution in [2.24, 2.45) is 5.92 Å². The van der Waals surface area contributed by atoms with Crippen molar-refractivity contribution in [3.63, 3.8) is 0 Å². The van der Waals surface area contributed by atoms with E-state index < -0.39 is 0 Å². The molecule has 0 aromatic rings. The molecule has 18 heavy (non-hydrogen) atoms. The fourth-order valence-electron chi connectivity index (χ4n) is 2.08. The van der Waals surface area contributed by atoms with Crippen LogP contribution >= 0.6 is 11.8 Å². The molecule has 0 aromatic heterocycles. The van der Waals surface area contributed by atoms with Gasteiger partial charge in [0, 0.05) is 24.4 Å². The van der Waals surface area contributed by atoms with Crippen LogP contribution in [0.3, 0.4) is 0 Å². The largest absolute Gasteiger partial charge is 0.379 e. The summed E-state index contributed by atoms with van der Waals surface area (Å²) in [5, 5.41) is 6.57. The smallest absolute Gasteiger partial charge is 0.315 e. The maximum Gasteiger partial charge on any atom is 0.315 e. The zero-order chi connectivity index (χ0) is 13.4. The molecule has 1 fully saturated rings. The number of thioether (sulfide) groups is 1. The second kappa shape index (κ2) is 8.64. The van der Waals surface area contributed by atoms with Crippen molar-refractivity contribution in [3.8, 4) is 0 Å². The van der Waals surface area contributed by atoms with Crippen LogP contribution in [0.25, 0.3) is 0 Å². The third-order valence-corrected chi connectivity index (χ3v) is 4.13. The maximum absolute atomic E-state index is 11.6. The van der Waals surface area contributed by atoms with Gasteiger partial charge in [-0.25, -0.2) is 4.79 Å². The van der Waals surface area contributed by atoms with Crippen LogP contribution in [0.5, 0.6) is 0 Å². The van der Waals surface area contributed by atoms with E-state index in [1.165, 1.54) is 6.42 Å². The second-order valence-corrected chi connectivity index (χ2v) is 6.37. The zero-order valence-corrected chi connectivity index (χ0v) is 12.5. The number of carbonyl (C=O) groups excluding carboxylic acids is 1. The molecule has 0 bridgehead atoms. The molecule has 4 nitrogen and oxygen atoms in total. The second-order valence-electron chi connectivity index (χ2n) is 5.24. The van der Waals surface area contributed by atoms with E-state index in [-0.39, 0.29) is 6.03 Å². The number of nitrogens with one attached hydrogen (secondary N) is 2. The highest BCUT2D eigenvalue weighted by Crippen LogP contribution is 2.27. The Morgan fingerprint density at radius 1 is 1.44 bits per heavy atom. The van der Waals surface area contributed by atoms with Gasteiger partial charge in [-0.15, -0.1) is 0 Å². The molecule has 1 saturated carbocycles. The fraction of sp³-hybridized carbons (Fsp3) is 0.923. The number of ether oxygens (including phenoxy) is 1. The van der Waals surface area contributed by atoms with Gasteiger partial charge in [0.05, 0.1) is 6.61 Å². The Kier molecular flexibility index (Phi) is 7.51. The van der Waals surface area contributed by atoms with Crippen LogP contribution in [0, 0.1) is 5.92 Å². The number of carbonyl (C=O) groups is 1. The van der Waals surface area contributed by atoms with Gasteiger partial charge < -0.3 is 15.4 Å². The van der Waals surface area contributed by atoms with E-state index in [2.05, 4.69) is 30.7 Å². The molecule has 5 heteroatoms. The lowest BCUT2D eigenvalue weighted by Crippen LogP contribution is -2.42. The first-order valence-electron chi connectivity index (χ1n) is 6.76. The average molecular weight is 274 g/mol. The first kappa shape index (κ1) is 15.6. The molecule has 2 atom stereocenters. The lowest BCUT2D eigenvalue weighted by molar-refractivity contribution is 0.112. The molecule has 2 N–H and O–H groups in total. The summed E-state index contributed by atoms with van der Waals surface area (Å²) in [5.41, 5.74) is 0. The monoisotopic (exact) mass is 274 g/mol. The number of amides is 2. The molecule has 0 radical (unpaired) electrons. The van der Waals surface area contributed by atoms with Gasteiger partial charge in [-0.1, -0.05) is 13.8 Å². The number of hydrogen-bond donors (Lipinski definition) is 2. The van der Waals surface area contributed by atoms with Gasteiger partial charge in [0.25, 0.3) is 0 Å². The maximum atomic E-state index is 11.6. The lowest BCUT2D eigenvalue weighted by Gasteiger charge is -2.14. The minimum absolute atomic E-state index is 0.0603. The standard InChI is InChI=1S/C13H26N2O2S/c1-10(2)9-17-7-6-14-13(16)15-11-4-5-12(8-11)18-3/h10-12H,4-9H2,1-3H3,(H2,14,15,16)/t11-,12+/m0/s1. The highest BCUT2D eigenvalue weighted by molar-refractivity contribution is 7.99. The molecule has 1 aliphatic carbocycles. The predicted molar refractivity (Wildman–Crippen MR) is 77.1 cm³/mol. The molecule has 0 heterocycles. The van der Waals surface area contributed by atoms with Crippen LogP contribution in [0.1, 0.15) is 33.1 Å². The molecule has 0 aliphatic heterocycles. The first-order valence-corrected chi connectivity index (χ1v) is 8.05. The lowest BCUT2D eigenvalue weighted by atomic mass is 10.2. The molecular weight excluding hydrogens is 248 g/mol. The molecule has 0 unspecified atom stereocenters. The van der Waals surface area contributed by atoms with E-state index in [1.807, 2.05) is 11.8 Å². The Morgan fingerprint density at radius 3 is 2.83 bits per heavy atom. The average Bonchev–Trinajstić information content (AvgIpc) is 2.76. The van der Waals surface area contributed by atoms with Gasteiger partial charge in [0.2, 0.25) is 0 Å². The summed E-state index contributed by atoms with van der Waals surface area (Å²) in [6.07, 6.45) is 5.55. The summed E-state index contributed by atoms with van der Waals surface area (Å²) in [6, 6.07) is 0.286. The van der Waals surface area contributed by atoms with Crippen LogP contribution in [-0.2, 0) is 4.74 Å². The molecule has 0 aromatic carbocycles. The summed E-state index contributed by atoms with van der Waals surface area (Å²) < 4.78 is 5.40. The van der Waals surface area contributed by atoms with E-state index >= 15 is 0 Å². The van der Waals surface area contributed by atoms with Crippen LogP contribution in [0.2, 0.25) is 0 Å². The first-order chi connectivity index (χ1) is 8.61. The third-order valence-electron chi connectivity index (χ3n) is 3.04. The van der Waals surface area contributed by atoms with E-state index in [9.17, 15) is 4.79 Å². The van der Waals surface area contributed by atoms with Crippen molar-refractivity contribution in [2.75, 3.05) is 26.0 Å². The number of hydrogen-bond acceptors (Lipinski definition) is 3. The minimum atomic E-state index is -0.0603. The summed E-state index contributed by atoms with van der Waals surface area (Å²) in [6.45, 7) is 6.15.